The van der Waals surface area contributed by atoms with Gasteiger partial charge in [0.05, 0.1) is 32.6 Å². The lowest BCUT2D eigenvalue weighted by Crippen LogP contribution is -2.24. The summed E-state index contributed by atoms with van der Waals surface area (Å²) in [6.45, 7) is 0.0574. The van der Waals surface area contributed by atoms with Gasteiger partial charge in [0.15, 0.2) is 11.5 Å². The van der Waals surface area contributed by atoms with E-state index in [2.05, 4.69) is 5.10 Å². The van der Waals surface area contributed by atoms with Gasteiger partial charge < -0.3 is 19.1 Å². The Hall–Kier alpha value is -3.65. The largest absolute Gasteiger partial charge is 0.493 e. The minimum atomic E-state index is -0.926. The van der Waals surface area contributed by atoms with Gasteiger partial charge in [-0.05, 0) is 48.0 Å². The molecule has 0 bridgehead atoms. The summed E-state index contributed by atoms with van der Waals surface area (Å²) >= 11 is 0. The molecule has 30 heavy (non-hydrogen) atoms. The highest BCUT2D eigenvalue weighted by molar-refractivity contribution is 5.65. The van der Waals surface area contributed by atoms with E-state index in [0.717, 1.165) is 0 Å². The van der Waals surface area contributed by atoms with Crippen molar-refractivity contribution >= 4 is 5.52 Å². The zero-order valence-corrected chi connectivity index (χ0v) is 16.4. The highest BCUT2D eigenvalue weighted by atomic mass is 19.1. The van der Waals surface area contributed by atoms with Crippen LogP contribution in [0.25, 0.3) is 16.8 Å². The van der Waals surface area contributed by atoms with Crippen molar-refractivity contribution in [2.75, 3.05) is 14.2 Å². The number of nitrogens with zero attached hydrogens (tertiary/aromatic N) is 3. The zero-order valence-electron chi connectivity index (χ0n) is 16.4. The number of halogens is 1. The predicted octanol–water partition coefficient (Wildman–Crippen LogP) is 3.05. The molecule has 4 rings (SSSR count). The Labute approximate surface area is 171 Å². The van der Waals surface area contributed by atoms with Crippen LogP contribution in [0.5, 0.6) is 11.5 Å². The normalized spacial score (nSPS) is 12.1. The molecule has 0 aliphatic rings. The molecule has 0 amide bonds. The first-order valence-electron chi connectivity index (χ1n) is 9.25. The first kappa shape index (κ1) is 19.7. The number of aliphatic hydroxyl groups excluding tert-OH is 1. The third kappa shape index (κ3) is 3.65. The van der Waals surface area contributed by atoms with Crippen molar-refractivity contribution in [1.82, 2.24) is 14.2 Å². The van der Waals surface area contributed by atoms with Crippen LogP contribution < -0.4 is 15.0 Å². The SMILES string of the molecule is COc1ccc(C(O)Cn2ccn3nc(-c4ccc(F)cc4)cc3c2=O)cc1OC. The van der Waals surface area contributed by atoms with E-state index in [4.69, 9.17) is 9.47 Å². The molecule has 0 radical (unpaired) electrons. The van der Waals surface area contributed by atoms with Crippen LogP contribution in [0.3, 0.4) is 0 Å². The van der Waals surface area contributed by atoms with Crippen LogP contribution in [-0.2, 0) is 6.54 Å². The standard InChI is InChI=1S/C22H20FN3O4/c1-29-20-8-5-15(11-21(20)30-2)19(27)13-25-9-10-26-18(22(25)28)12-17(24-26)14-3-6-16(23)7-4-14/h3-12,19,27H,13H2,1-2H3. The lowest BCUT2D eigenvalue weighted by atomic mass is 10.1. The van der Waals surface area contributed by atoms with Crippen molar-refractivity contribution in [3.63, 3.8) is 0 Å². The molecule has 1 atom stereocenters. The molecular formula is C22H20FN3O4. The van der Waals surface area contributed by atoms with Crippen LogP contribution in [0.15, 0.2) is 65.7 Å². The summed E-state index contributed by atoms with van der Waals surface area (Å²) in [7, 11) is 3.05. The maximum Gasteiger partial charge on any atom is 0.276 e. The van der Waals surface area contributed by atoms with Gasteiger partial charge in [-0.15, -0.1) is 0 Å². The molecule has 0 aliphatic heterocycles. The molecule has 154 valence electrons. The summed E-state index contributed by atoms with van der Waals surface area (Å²) in [5.41, 5.74) is 1.93. The molecule has 2 heterocycles. The number of methoxy groups -OCH3 is 2. The maximum atomic E-state index is 13.2. The molecule has 1 N–H and O–H groups in total. The summed E-state index contributed by atoms with van der Waals surface area (Å²) in [6, 6.07) is 12.7. The van der Waals surface area contributed by atoms with E-state index in [1.165, 1.54) is 35.4 Å². The molecule has 0 saturated heterocycles. The number of fused-ring (bicyclic) bond motifs is 1. The number of hydrogen-bond donors (Lipinski definition) is 1. The summed E-state index contributed by atoms with van der Waals surface area (Å²) in [5.74, 6) is 0.713. The fraction of sp³-hybridized carbons (Fsp3) is 0.182. The van der Waals surface area contributed by atoms with Gasteiger partial charge in [0.2, 0.25) is 0 Å². The Morgan fingerprint density at radius 1 is 1.03 bits per heavy atom. The van der Waals surface area contributed by atoms with Crippen LogP contribution in [-0.4, -0.2) is 33.5 Å². The smallest absolute Gasteiger partial charge is 0.276 e. The van der Waals surface area contributed by atoms with Gasteiger partial charge in [-0.1, -0.05) is 6.07 Å². The summed E-state index contributed by atoms with van der Waals surface area (Å²) in [5, 5.41) is 15.0. The molecule has 0 fully saturated rings. The third-order valence-corrected chi connectivity index (χ3v) is 4.91. The van der Waals surface area contributed by atoms with Gasteiger partial charge in [-0.25, -0.2) is 8.91 Å². The fourth-order valence-corrected chi connectivity index (χ4v) is 3.28. The first-order valence-corrected chi connectivity index (χ1v) is 9.25. The maximum absolute atomic E-state index is 13.2. The van der Waals surface area contributed by atoms with Crippen molar-refractivity contribution in [2.24, 2.45) is 0 Å². The van der Waals surface area contributed by atoms with E-state index in [-0.39, 0.29) is 17.9 Å². The quantitative estimate of drug-likeness (QED) is 0.530. The Kier molecular flexibility index (Phi) is 5.24. The fourth-order valence-electron chi connectivity index (χ4n) is 3.28. The van der Waals surface area contributed by atoms with Crippen molar-refractivity contribution in [3.05, 3.63) is 82.7 Å². The molecular weight excluding hydrogens is 389 g/mol. The van der Waals surface area contributed by atoms with Gasteiger partial charge in [0.25, 0.3) is 5.56 Å². The molecule has 0 saturated carbocycles. The monoisotopic (exact) mass is 409 g/mol. The molecule has 4 aromatic rings. The van der Waals surface area contributed by atoms with E-state index in [1.54, 1.807) is 48.8 Å². The summed E-state index contributed by atoms with van der Waals surface area (Å²) < 4.78 is 26.5. The number of rotatable bonds is 6. The Morgan fingerprint density at radius 2 is 1.77 bits per heavy atom. The second-order valence-electron chi connectivity index (χ2n) is 6.75. The van der Waals surface area contributed by atoms with Crippen molar-refractivity contribution in [2.45, 2.75) is 12.6 Å². The van der Waals surface area contributed by atoms with E-state index in [0.29, 0.717) is 33.8 Å². The molecule has 8 heteroatoms. The molecule has 7 nitrogen and oxygen atoms in total. The average Bonchev–Trinajstić information content (AvgIpc) is 3.20. The highest BCUT2D eigenvalue weighted by Crippen LogP contribution is 2.30. The van der Waals surface area contributed by atoms with Gasteiger partial charge in [0.1, 0.15) is 11.3 Å². The lowest BCUT2D eigenvalue weighted by Gasteiger charge is -2.15. The predicted molar refractivity (Wildman–Crippen MR) is 109 cm³/mol. The minimum Gasteiger partial charge on any atom is -0.493 e. The topological polar surface area (TPSA) is 78.0 Å². The Morgan fingerprint density at radius 3 is 2.47 bits per heavy atom. The minimum absolute atomic E-state index is 0.0574. The second-order valence-corrected chi connectivity index (χ2v) is 6.75. The summed E-state index contributed by atoms with van der Waals surface area (Å²) in [4.78, 5) is 12.9. The van der Waals surface area contributed by atoms with E-state index < -0.39 is 6.10 Å². The first-order chi connectivity index (χ1) is 14.5. The van der Waals surface area contributed by atoms with Crippen LogP contribution in [0.2, 0.25) is 0 Å². The van der Waals surface area contributed by atoms with Crippen molar-refractivity contribution in [1.29, 1.82) is 0 Å². The summed E-state index contributed by atoms with van der Waals surface area (Å²) in [6.07, 6.45) is 2.29. The van der Waals surface area contributed by atoms with E-state index in [1.807, 2.05) is 0 Å². The van der Waals surface area contributed by atoms with Crippen LogP contribution >= 0.6 is 0 Å². The molecule has 0 spiro atoms. The number of aromatic nitrogens is 3. The number of ether oxygens (including phenoxy) is 2. The van der Waals surface area contributed by atoms with Gasteiger partial charge in [0, 0.05) is 18.0 Å². The third-order valence-electron chi connectivity index (χ3n) is 4.91. The highest BCUT2D eigenvalue weighted by Gasteiger charge is 2.15. The van der Waals surface area contributed by atoms with Gasteiger partial charge in [-0.3, -0.25) is 4.79 Å². The lowest BCUT2D eigenvalue weighted by molar-refractivity contribution is 0.154. The van der Waals surface area contributed by atoms with Crippen LogP contribution in [0.1, 0.15) is 11.7 Å². The van der Waals surface area contributed by atoms with Crippen LogP contribution in [0, 0.1) is 5.82 Å². The number of benzene rings is 2. The number of hydrogen-bond acceptors (Lipinski definition) is 5. The molecule has 1 unspecified atom stereocenters. The van der Waals surface area contributed by atoms with Crippen molar-refractivity contribution in [3.8, 4) is 22.8 Å². The average molecular weight is 409 g/mol. The van der Waals surface area contributed by atoms with Gasteiger partial charge in [-0.2, -0.15) is 5.10 Å². The molecule has 2 aromatic carbocycles. The number of aliphatic hydroxyl groups is 1. The second kappa shape index (κ2) is 8.00. The van der Waals surface area contributed by atoms with E-state index >= 15 is 0 Å². The van der Waals surface area contributed by atoms with Crippen LogP contribution in [0.4, 0.5) is 4.39 Å². The van der Waals surface area contributed by atoms with Gasteiger partial charge >= 0.3 is 0 Å². The van der Waals surface area contributed by atoms with Crippen molar-refractivity contribution < 1.29 is 19.0 Å². The zero-order chi connectivity index (χ0) is 21.3. The molecule has 2 aromatic heterocycles. The van der Waals surface area contributed by atoms with E-state index in [9.17, 15) is 14.3 Å². The molecule has 0 aliphatic carbocycles. The Bertz CT molecular complexity index is 1250. The Balaban J connectivity index is 1.64.